The smallest absolute Gasteiger partial charge is 0.298 e. The lowest BCUT2D eigenvalue weighted by molar-refractivity contribution is -0.112. The summed E-state index contributed by atoms with van der Waals surface area (Å²) < 4.78 is 2.05. The van der Waals surface area contributed by atoms with Crippen LogP contribution in [0.4, 0.5) is 17.2 Å². The Hall–Kier alpha value is -4.39. The van der Waals surface area contributed by atoms with Crippen molar-refractivity contribution in [1.29, 1.82) is 0 Å². The molecule has 210 valence electrons. The summed E-state index contributed by atoms with van der Waals surface area (Å²) in [7, 11) is 0. The standard InChI is InChI=1S/C34H37N5O2/c1-23-19-25(3)35-31(20-23)38-17-15-37(16-18-38)27-12-13-30(24(2)21-27)36-34(41)33(40)32-29(26-9-5-4-6-10-26)22-28-11-7-8-14-39(28)32/h4-6,9-10,12-13,19-22H,7-8,11,14-18H2,1-3H3,(H,36,41). The minimum atomic E-state index is -0.598. The average molecular weight is 548 g/mol. The molecule has 2 aromatic heterocycles. The number of anilines is 3. The molecule has 1 fully saturated rings. The third-order valence-corrected chi connectivity index (χ3v) is 8.26. The van der Waals surface area contributed by atoms with Gasteiger partial charge in [-0.05, 0) is 93.1 Å². The first-order chi connectivity index (χ1) is 19.9. The van der Waals surface area contributed by atoms with Crippen molar-refractivity contribution in [2.24, 2.45) is 0 Å². The number of carbonyl (C=O) groups excluding carboxylic acids is 2. The number of nitrogens with zero attached hydrogens (tertiary/aromatic N) is 4. The number of carbonyl (C=O) groups is 2. The van der Waals surface area contributed by atoms with E-state index in [4.69, 9.17) is 4.98 Å². The van der Waals surface area contributed by atoms with Gasteiger partial charge in [-0.25, -0.2) is 4.98 Å². The maximum Gasteiger partial charge on any atom is 0.298 e. The zero-order valence-corrected chi connectivity index (χ0v) is 24.1. The van der Waals surface area contributed by atoms with Crippen molar-refractivity contribution in [2.75, 3.05) is 41.3 Å². The second-order valence-corrected chi connectivity index (χ2v) is 11.3. The highest BCUT2D eigenvalue weighted by Gasteiger charge is 2.28. The molecular weight excluding hydrogens is 510 g/mol. The van der Waals surface area contributed by atoms with E-state index in [1.807, 2.05) is 56.3 Å². The molecule has 1 amide bonds. The predicted octanol–water partition coefficient (Wildman–Crippen LogP) is 5.96. The van der Waals surface area contributed by atoms with Gasteiger partial charge in [0, 0.05) is 61.0 Å². The van der Waals surface area contributed by atoms with Crippen molar-refractivity contribution in [3.8, 4) is 11.1 Å². The number of fused-ring (bicyclic) bond motifs is 1. The van der Waals surface area contributed by atoms with Crippen LogP contribution in [0.3, 0.4) is 0 Å². The fourth-order valence-corrected chi connectivity index (χ4v) is 6.17. The Morgan fingerprint density at radius 3 is 2.29 bits per heavy atom. The quantitative estimate of drug-likeness (QED) is 0.238. The lowest BCUT2D eigenvalue weighted by Crippen LogP contribution is -2.46. The van der Waals surface area contributed by atoms with Crippen molar-refractivity contribution < 1.29 is 9.59 Å². The van der Waals surface area contributed by atoms with Gasteiger partial charge in [0.25, 0.3) is 11.7 Å². The second-order valence-electron chi connectivity index (χ2n) is 11.3. The van der Waals surface area contributed by atoms with Crippen LogP contribution in [0.5, 0.6) is 0 Å². The van der Waals surface area contributed by atoms with Crippen LogP contribution < -0.4 is 15.1 Å². The number of hydrogen-bond acceptors (Lipinski definition) is 5. The summed E-state index contributed by atoms with van der Waals surface area (Å²) in [5.74, 6) is -0.0450. The topological polar surface area (TPSA) is 70.5 Å². The molecule has 0 spiro atoms. The monoisotopic (exact) mass is 547 g/mol. The first-order valence-electron chi connectivity index (χ1n) is 14.6. The summed E-state index contributed by atoms with van der Waals surface area (Å²) in [5, 5.41) is 2.92. The number of ketones is 1. The number of benzene rings is 2. The van der Waals surface area contributed by atoms with E-state index in [0.717, 1.165) is 91.6 Å². The Morgan fingerprint density at radius 1 is 0.805 bits per heavy atom. The number of nitrogens with one attached hydrogen (secondary N) is 1. The van der Waals surface area contributed by atoms with Gasteiger partial charge < -0.3 is 19.7 Å². The normalized spacial score (nSPS) is 15.0. The highest BCUT2D eigenvalue weighted by Crippen LogP contribution is 2.32. The molecule has 7 nitrogen and oxygen atoms in total. The van der Waals surface area contributed by atoms with E-state index in [1.165, 1.54) is 5.56 Å². The molecule has 2 aromatic carbocycles. The van der Waals surface area contributed by atoms with Gasteiger partial charge in [0.2, 0.25) is 0 Å². The molecule has 4 aromatic rings. The van der Waals surface area contributed by atoms with Crippen molar-refractivity contribution >= 4 is 28.9 Å². The number of aromatic nitrogens is 2. The lowest BCUT2D eigenvalue weighted by atomic mass is 10.0. The number of Topliss-reactive ketones (excluding diaryl/α,β-unsaturated/α-hetero) is 1. The largest absolute Gasteiger partial charge is 0.368 e. The van der Waals surface area contributed by atoms with E-state index >= 15 is 0 Å². The van der Waals surface area contributed by atoms with Gasteiger partial charge in [-0.3, -0.25) is 9.59 Å². The molecule has 0 saturated carbocycles. The van der Waals surface area contributed by atoms with Gasteiger partial charge in [-0.1, -0.05) is 30.3 Å². The summed E-state index contributed by atoms with van der Waals surface area (Å²) in [5.41, 5.74) is 8.40. The van der Waals surface area contributed by atoms with Crippen LogP contribution in [0.2, 0.25) is 0 Å². The van der Waals surface area contributed by atoms with Gasteiger partial charge in [0.05, 0.1) is 0 Å². The van der Waals surface area contributed by atoms with E-state index in [2.05, 4.69) is 50.9 Å². The molecule has 1 N–H and O–H groups in total. The Kier molecular flexibility index (Phi) is 7.35. The number of hydrogen-bond donors (Lipinski definition) is 1. The second kappa shape index (κ2) is 11.2. The van der Waals surface area contributed by atoms with E-state index < -0.39 is 11.7 Å². The summed E-state index contributed by atoms with van der Waals surface area (Å²) in [6.07, 6.45) is 3.03. The van der Waals surface area contributed by atoms with Crippen molar-refractivity contribution in [3.05, 3.63) is 94.9 Å². The van der Waals surface area contributed by atoms with Crippen LogP contribution in [0.15, 0.2) is 66.7 Å². The fourth-order valence-electron chi connectivity index (χ4n) is 6.17. The fraction of sp³-hybridized carbons (Fsp3) is 0.324. The molecule has 0 unspecified atom stereocenters. The van der Waals surface area contributed by atoms with Gasteiger partial charge in [0.15, 0.2) is 0 Å². The van der Waals surface area contributed by atoms with E-state index in [1.54, 1.807) is 0 Å². The number of aryl methyl sites for hydroxylation is 4. The molecular formula is C34H37N5O2. The zero-order chi connectivity index (χ0) is 28.5. The molecule has 2 aliphatic rings. The minimum Gasteiger partial charge on any atom is -0.368 e. The van der Waals surface area contributed by atoms with Crippen molar-refractivity contribution in [3.63, 3.8) is 0 Å². The summed E-state index contributed by atoms with van der Waals surface area (Å²) >= 11 is 0. The average Bonchev–Trinajstić information content (AvgIpc) is 3.37. The number of pyridine rings is 1. The van der Waals surface area contributed by atoms with Crippen molar-refractivity contribution in [1.82, 2.24) is 9.55 Å². The molecule has 1 saturated heterocycles. The zero-order valence-electron chi connectivity index (χ0n) is 24.1. The first-order valence-corrected chi connectivity index (χ1v) is 14.6. The van der Waals surface area contributed by atoms with Crippen LogP contribution in [0, 0.1) is 20.8 Å². The highest BCUT2D eigenvalue weighted by molar-refractivity contribution is 6.47. The first kappa shape index (κ1) is 26.8. The van der Waals surface area contributed by atoms with Crippen LogP contribution in [0.25, 0.3) is 11.1 Å². The van der Waals surface area contributed by atoms with E-state index in [9.17, 15) is 9.59 Å². The van der Waals surface area contributed by atoms with Crippen LogP contribution >= 0.6 is 0 Å². The predicted molar refractivity (Wildman–Crippen MR) is 165 cm³/mol. The lowest BCUT2D eigenvalue weighted by Gasteiger charge is -2.37. The van der Waals surface area contributed by atoms with Gasteiger partial charge in [-0.2, -0.15) is 0 Å². The molecule has 7 heteroatoms. The molecule has 2 aliphatic heterocycles. The van der Waals surface area contributed by atoms with Crippen molar-refractivity contribution in [2.45, 2.75) is 46.6 Å². The van der Waals surface area contributed by atoms with Gasteiger partial charge in [0.1, 0.15) is 11.5 Å². The Morgan fingerprint density at radius 2 is 1.56 bits per heavy atom. The van der Waals surface area contributed by atoms with Gasteiger partial charge in [-0.15, -0.1) is 0 Å². The third kappa shape index (κ3) is 5.49. The summed E-state index contributed by atoms with van der Waals surface area (Å²) in [6, 6.07) is 22.3. The maximum atomic E-state index is 13.6. The summed E-state index contributed by atoms with van der Waals surface area (Å²) in [6.45, 7) is 10.5. The molecule has 0 atom stereocenters. The summed E-state index contributed by atoms with van der Waals surface area (Å²) in [4.78, 5) is 36.4. The molecule has 0 aliphatic carbocycles. The van der Waals surface area contributed by atoms with E-state index in [-0.39, 0.29) is 0 Å². The Labute approximate surface area is 241 Å². The molecule has 6 rings (SSSR count). The van der Waals surface area contributed by atoms with Gasteiger partial charge >= 0.3 is 0 Å². The molecule has 0 radical (unpaired) electrons. The number of piperazine rings is 1. The highest BCUT2D eigenvalue weighted by atomic mass is 16.2. The maximum absolute atomic E-state index is 13.6. The number of amides is 1. The van der Waals surface area contributed by atoms with E-state index in [0.29, 0.717) is 11.4 Å². The van der Waals surface area contributed by atoms with Crippen LogP contribution in [-0.4, -0.2) is 47.4 Å². The minimum absolute atomic E-state index is 0.489. The molecule has 0 bridgehead atoms. The molecule has 4 heterocycles. The third-order valence-electron chi connectivity index (χ3n) is 8.26. The van der Waals surface area contributed by atoms with Crippen LogP contribution in [0.1, 0.15) is 45.8 Å². The Balaban J connectivity index is 1.16. The molecule has 41 heavy (non-hydrogen) atoms. The SMILES string of the molecule is Cc1cc(C)nc(N2CCN(c3ccc(NC(=O)C(=O)c4c(-c5ccccc5)cc5n4CCCC5)c(C)c3)CC2)c1. The van der Waals surface area contributed by atoms with Crippen LogP contribution in [-0.2, 0) is 17.8 Å². The Bertz CT molecular complexity index is 1580. The number of rotatable bonds is 6.